The molecule has 0 bridgehead atoms. The molecule has 1 saturated heterocycles. The van der Waals surface area contributed by atoms with E-state index in [1.807, 2.05) is 0 Å². The average molecular weight is 265 g/mol. The van der Waals surface area contributed by atoms with Gasteiger partial charge in [-0.05, 0) is 31.6 Å². The lowest BCUT2D eigenvalue weighted by atomic mass is 9.79. The molecule has 3 nitrogen and oxygen atoms in total. The van der Waals surface area contributed by atoms with E-state index in [-0.39, 0.29) is 5.41 Å². The summed E-state index contributed by atoms with van der Waals surface area (Å²) in [7, 11) is 0. The molecule has 1 aromatic rings. The van der Waals surface area contributed by atoms with Crippen molar-refractivity contribution in [1.82, 2.24) is 9.36 Å². The largest absolute Gasteiger partial charge is 0.344 e. The van der Waals surface area contributed by atoms with Gasteiger partial charge >= 0.3 is 0 Å². The Hall–Kier alpha value is -0.640. The van der Waals surface area contributed by atoms with E-state index in [0.717, 1.165) is 22.9 Å². The first-order valence-corrected chi connectivity index (χ1v) is 7.94. The van der Waals surface area contributed by atoms with E-state index in [9.17, 15) is 0 Å². The van der Waals surface area contributed by atoms with Crippen LogP contribution in [-0.2, 0) is 5.41 Å². The number of rotatable bonds is 2. The van der Waals surface area contributed by atoms with Gasteiger partial charge in [0.1, 0.15) is 5.82 Å². The molecular weight excluding hydrogens is 242 g/mol. The van der Waals surface area contributed by atoms with Crippen molar-refractivity contribution in [1.29, 1.82) is 0 Å². The van der Waals surface area contributed by atoms with Crippen LogP contribution in [0.25, 0.3) is 0 Å². The lowest BCUT2D eigenvalue weighted by Gasteiger charge is -2.36. The van der Waals surface area contributed by atoms with Gasteiger partial charge in [-0.15, -0.1) is 0 Å². The third-order valence-corrected chi connectivity index (χ3v) is 5.08. The predicted octanol–water partition coefficient (Wildman–Crippen LogP) is 3.60. The number of aromatic nitrogens is 2. The van der Waals surface area contributed by atoms with Gasteiger partial charge in [0, 0.05) is 29.5 Å². The molecule has 1 saturated carbocycles. The molecule has 0 aromatic carbocycles. The zero-order valence-electron chi connectivity index (χ0n) is 11.6. The Morgan fingerprint density at radius 2 is 1.94 bits per heavy atom. The molecule has 1 aromatic heterocycles. The SMILES string of the molecule is CC(C)(C)c1nsc(N2CCCC2C2CCC2)n1. The summed E-state index contributed by atoms with van der Waals surface area (Å²) in [5.41, 5.74) is 0.0699. The summed E-state index contributed by atoms with van der Waals surface area (Å²) in [5.74, 6) is 1.93. The first-order valence-electron chi connectivity index (χ1n) is 7.16. The third kappa shape index (κ3) is 2.15. The first kappa shape index (κ1) is 12.4. The highest BCUT2D eigenvalue weighted by Crippen LogP contribution is 2.40. The Morgan fingerprint density at radius 3 is 2.50 bits per heavy atom. The van der Waals surface area contributed by atoms with Crippen molar-refractivity contribution in [3.05, 3.63) is 5.82 Å². The molecule has 0 spiro atoms. The van der Waals surface area contributed by atoms with E-state index in [1.165, 1.54) is 38.6 Å². The fourth-order valence-electron chi connectivity index (χ4n) is 2.98. The van der Waals surface area contributed by atoms with Crippen molar-refractivity contribution in [2.45, 2.75) is 64.3 Å². The highest BCUT2D eigenvalue weighted by atomic mass is 32.1. The fourth-order valence-corrected chi connectivity index (χ4v) is 3.92. The zero-order valence-corrected chi connectivity index (χ0v) is 12.5. The smallest absolute Gasteiger partial charge is 0.205 e. The molecule has 2 aliphatic rings. The van der Waals surface area contributed by atoms with E-state index in [4.69, 9.17) is 4.98 Å². The maximum Gasteiger partial charge on any atom is 0.205 e. The second-order valence-electron chi connectivity index (χ2n) is 6.74. The maximum absolute atomic E-state index is 4.79. The topological polar surface area (TPSA) is 29.0 Å². The van der Waals surface area contributed by atoms with Gasteiger partial charge in [0.2, 0.25) is 5.13 Å². The monoisotopic (exact) mass is 265 g/mol. The van der Waals surface area contributed by atoms with Crippen LogP contribution in [0.15, 0.2) is 0 Å². The number of hydrogen-bond donors (Lipinski definition) is 0. The van der Waals surface area contributed by atoms with Gasteiger partial charge < -0.3 is 4.90 Å². The van der Waals surface area contributed by atoms with Crippen LogP contribution in [0.5, 0.6) is 0 Å². The molecule has 1 atom stereocenters. The Labute approximate surface area is 114 Å². The molecule has 100 valence electrons. The molecule has 1 aliphatic carbocycles. The third-order valence-electron chi connectivity index (χ3n) is 4.33. The van der Waals surface area contributed by atoms with Crippen molar-refractivity contribution in [3.8, 4) is 0 Å². The normalized spacial score (nSPS) is 25.5. The lowest BCUT2D eigenvalue weighted by Crippen LogP contribution is -2.38. The quantitative estimate of drug-likeness (QED) is 0.818. The Morgan fingerprint density at radius 1 is 1.17 bits per heavy atom. The summed E-state index contributed by atoms with van der Waals surface area (Å²) in [6, 6.07) is 0.750. The zero-order chi connectivity index (χ0) is 12.8. The fraction of sp³-hybridized carbons (Fsp3) is 0.857. The molecule has 18 heavy (non-hydrogen) atoms. The molecule has 3 rings (SSSR count). The Balaban J connectivity index is 1.79. The van der Waals surface area contributed by atoms with E-state index in [2.05, 4.69) is 30.0 Å². The highest BCUT2D eigenvalue weighted by Gasteiger charge is 2.36. The van der Waals surface area contributed by atoms with E-state index < -0.39 is 0 Å². The molecule has 2 fully saturated rings. The van der Waals surface area contributed by atoms with Gasteiger partial charge in [-0.25, -0.2) is 4.98 Å². The Bertz CT molecular complexity index is 417. The maximum atomic E-state index is 4.79. The van der Waals surface area contributed by atoms with Crippen molar-refractivity contribution in [2.75, 3.05) is 11.4 Å². The van der Waals surface area contributed by atoms with Crippen LogP contribution in [0.1, 0.15) is 58.7 Å². The summed E-state index contributed by atoms with van der Waals surface area (Å²) in [4.78, 5) is 7.33. The van der Waals surface area contributed by atoms with Crippen molar-refractivity contribution in [3.63, 3.8) is 0 Å². The molecule has 4 heteroatoms. The summed E-state index contributed by atoms with van der Waals surface area (Å²) in [6.07, 6.45) is 6.96. The van der Waals surface area contributed by atoms with Crippen molar-refractivity contribution >= 4 is 16.7 Å². The number of hydrogen-bond acceptors (Lipinski definition) is 4. The van der Waals surface area contributed by atoms with Gasteiger partial charge in [-0.1, -0.05) is 27.2 Å². The average Bonchev–Trinajstić information content (AvgIpc) is 2.79. The van der Waals surface area contributed by atoms with Crippen molar-refractivity contribution < 1.29 is 0 Å². The van der Waals surface area contributed by atoms with Crippen LogP contribution in [0.2, 0.25) is 0 Å². The van der Waals surface area contributed by atoms with Crippen molar-refractivity contribution in [2.24, 2.45) is 5.92 Å². The minimum atomic E-state index is 0.0699. The predicted molar refractivity (Wildman–Crippen MR) is 76.3 cm³/mol. The molecule has 0 radical (unpaired) electrons. The van der Waals surface area contributed by atoms with E-state index in [0.29, 0.717) is 0 Å². The van der Waals surface area contributed by atoms with Crippen LogP contribution in [-0.4, -0.2) is 21.9 Å². The van der Waals surface area contributed by atoms with E-state index >= 15 is 0 Å². The summed E-state index contributed by atoms with van der Waals surface area (Å²) >= 11 is 1.59. The molecule has 1 unspecified atom stereocenters. The van der Waals surface area contributed by atoms with Gasteiger partial charge in [0.05, 0.1) is 0 Å². The second kappa shape index (κ2) is 4.48. The van der Waals surface area contributed by atoms with Crippen LogP contribution >= 0.6 is 11.5 Å². The van der Waals surface area contributed by atoms with Gasteiger partial charge in [-0.2, -0.15) is 4.37 Å². The minimum absolute atomic E-state index is 0.0699. The van der Waals surface area contributed by atoms with Crippen LogP contribution in [0.3, 0.4) is 0 Å². The van der Waals surface area contributed by atoms with Gasteiger partial charge in [0.25, 0.3) is 0 Å². The van der Waals surface area contributed by atoms with E-state index in [1.54, 1.807) is 11.5 Å². The molecular formula is C14H23N3S. The summed E-state index contributed by atoms with van der Waals surface area (Å²) < 4.78 is 4.56. The Kier molecular flexibility index (Phi) is 3.08. The molecule has 2 heterocycles. The van der Waals surface area contributed by atoms with Crippen LogP contribution in [0, 0.1) is 5.92 Å². The minimum Gasteiger partial charge on any atom is -0.344 e. The highest BCUT2D eigenvalue weighted by molar-refractivity contribution is 7.09. The number of anilines is 1. The summed E-state index contributed by atoms with van der Waals surface area (Å²) in [6.45, 7) is 7.74. The lowest BCUT2D eigenvalue weighted by molar-refractivity contribution is 0.262. The summed E-state index contributed by atoms with van der Waals surface area (Å²) in [5, 5.41) is 1.16. The number of nitrogens with zero attached hydrogens (tertiary/aromatic N) is 3. The molecule has 1 aliphatic heterocycles. The standard InChI is InChI=1S/C14H23N3S/c1-14(2,3)12-15-13(18-16-12)17-9-5-8-11(17)10-6-4-7-10/h10-11H,4-9H2,1-3H3. The van der Waals surface area contributed by atoms with Gasteiger partial charge in [-0.3, -0.25) is 0 Å². The van der Waals surface area contributed by atoms with Crippen LogP contribution in [0.4, 0.5) is 5.13 Å². The van der Waals surface area contributed by atoms with Crippen LogP contribution < -0.4 is 4.90 Å². The van der Waals surface area contributed by atoms with Gasteiger partial charge in [0.15, 0.2) is 0 Å². The molecule has 0 N–H and O–H groups in total. The first-order chi connectivity index (χ1) is 8.55. The molecule has 0 amide bonds. The second-order valence-corrected chi connectivity index (χ2v) is 7.47.